The SMILES string of the molecule is CCNC(=O)NC(=O)CN1CCCC[C@H]1C(=O)N1CCCC1. The summed E-state index contributed by atoms with van der Waals surface area (Å²) in [5.74, 6) is -0.213. The lowest BCUT2D eigenvalue weighted by atomic mass is 10.0. The second-order valence-corrected chi connectivity index (χ2v) is 5.92. The van der Waals surface area contributed by atoms with Crippen molar-refractivity contribution in [3.8, 4) is 0 Å². The van der Waals surface area contributed by atoms with Crippen LogP contribution in [0.1, 0.15) is 39.0 Å². The van der Waals surface area contributed by atoms with Gasteiger partial charge in [0.05, 0.1) is 12.6 Å². The second-order valence-electron chi connectivity index (χ2n) is 5.92. The molecule has 2 fully saturated rings. The number of carbonyl (C=O) groups excluding carboxylic acids is 3. The molecule has 0 bridgehead atoms. The van der Waals surface area contributed by atoms with Crippen molar-refractivity contribution < 1.29 is 14.4 Å². The molecule has 0 aliphatic carbocycles. The summed E-state index contributed by atoms with van der Waals surface area (Å²) in [4.78, 5) is 39.7. The van der Waals surface area contributed by atoms with Crippen LogP contribution >= 0.6 is 0 Å². The first kappa shape index (κ1) is 16.7. The van der Waals surface area contributed by atoms with Gasteiger partial charge in [0.25, 0.3) is 0 Å². The molecule has 4 amide bonds. The molecule has 7 nitrogen and oxygen atoms in total. The van der Waals surface area contributed by atoms with Gasteiger partial charge >= 0.3 is 6.03 Å². The minimum absolute atomic E-state index is 0.0986. The number of nitrogens with zero attached hydrogens (tertiary/aromatic N) is 2. The number of urea groups is 1. The first-order valence-electron chi connectivity index (χ1n) is 8.22. The molecule has 0 unspecified atom stereocenters. The van der Waals surface area contributed by atoms with Crippen molar-refractivity contribution in [2.45, 2.75) is 45.1 Å². The Morgan fingerprint density at radius 1 is 1.05 bits per heavy atom. The Labute approximate surface area is 131 Å². The highest BCUT2D eigenvalue weighted by Gasteiger charge is 2.33. The van der Waals surface area contributed by atoms with Crippen LogP contribution in [-0.2, 0) is 9.59 Å². The van der Waals surface area contributed by atoms with Crippen molar-refractivity contribution in [2.75, 3.05) is 32.7 Å². The van der Waals surface area contributed by atoms with Crippen LogP contribution in [0.3, 0.4) is 0 Å². The van der Waals surface area contributed by atoms with Gasteiger partial charge in [-0.25, -0.2) is 4.79 Å². The summed E-state index contributed by atoms with van der Waals surface area (Å²) < 4.78 is 0. The van der Waals surface area contributed by atoms with Crippen molar-refractivity contribution in [1.82, 2.24) is 20.4 Å². The number of imide groups is 1. The summed E-state index contributed by atoms with van der Waals surface area (Å²) in [5.41, 5.74) is 0. The van der Waals surface area contributed by atoms with Crippen LogP contribution in [0.5, 0.6) is 0 Å². The summed E-state index contributed by atoms with van der Waals surface area (Å²) in [6.45, 7) is 4.75. The monoisotopic (exact) mass is 310 g/mol. The molecule has 0 saturated carbocycles. The second kappa shape index (κ2) is 8.12. The van der Waals surface area contributed by atoms with Gasteiger partial charge in [0, 0.05) is 19.6 Å². The van der Waals surface area contributed by atoms with E-state index >= 15 is 0 Å². The maximum atomic E-state index is 12.6. The Morgan fingerprint density at radius 2 is 1.73 bits per heavy atom. The predicted octanol–water partition coefficient (Wildman–Crippen LogP) is 0.309. The van der Waals surface area contributed by atoms with E-state index in [4.69, 9.17) is 0 Å². The van der Waals surface area contributed by atoms with Crippen LogP contribution in [0.4, 0.5) is 4.79 Å². The molecule has 2 heterocycles. The zero-order valence-electron chi connectivity index (χ0n) is 13.3. The van der Waals surface area contributed by atoms with Gasteiger partial charge in [-0.15, -0.1) is 0 Å². The zero-order valence-corrected chi connectivity index (χ0v) is 13.3. The fourth-order valence-electron chi connectivity index (χ4n) is 3.16. The quantitative estimate of drug-likeness (QED) is 0.783. The Morgan fingerprint density at radius 3 is 2.41 bits per heavy atom. The van der Waals surface area contributed by atoms with E-state index in [0.717, 1.165) is 51.7 Å². The number of hydrogen-bond donors (Lipinski definition) is 2. The first-order valence-corrected chi connectivity index (χ1v) is 8.22. The van der Waals surface area contributed by atoms with Crippen LogP contribution in [-0.4, -0.2) is 66.4 Å². The number of carbonyl (C=O) groups is 3. The maximum absolute atomic E-state index is 12.6. The molecule has 2 aliphatic rings. The van der Waals surface area contributed by atoms with Gasteiger partial charge in [-0.05, 0) is 39.2 Å². The van der Waals surface area contributed by atoms with Crippen molar-refractivity contribution in [3.05, 3.63) is 0 Å². The molecule has 2 rings (SSSR count). The van der Waals surface area contributed by atoms with E-state index in [1.54, 1.807) is 6.92 Å². The maximum Gasteiger partial charge on any atom is 0.321 e. The fourth-order valence-corrected chi connectivity index (χ4v) is 3.16. The Kier molecular flexibility index (Phi) is 6.18. The van der Waals surface area contributed by atoms with E-state index in [2.05, 4.69) is 10.6 Å². The third-order valence-corrected chi connectivity index (χ3v) is 4.25. The Balaban J connectivity index is 1.90. The van der Waals surface area contributed by atoms with Gasteiger partial charge < -0.3 is 10.2 Å². The normalized spacial score (nSPS) is 22.4. The third-order valence-electron chi connectivity index (χ3n) is 4.25. The smallest absolute Gasteiger partial charge is 0.321 e. The summed E-state index contributed by atoms with van der Waals surface area (Å²) in [6, 6.07) is -0.696. The van der Waals surface area contributed by atoms with E-state index in [1.807, 2.05) is 9.80 Å². The van der Waals surface area contributed by atoms with Crippen LogP contribution in [0.25, 0.3) is 0 Å². The molecule has 22 heavy (non-hydrogen) atoms. The van der Waals surface area contributed by atoms with E-state index in [0.29, 0.717) is 6.54 Å². The molecule has 2 saturated heterocycles. The Bertz CT molecular complexity index is 421. The molecular weight excluding hydrogens is 284 g/mol. The number of hydrogen-bond acceptors (Lipinski definition) is 4. The molecule has 124 valence electrons. The number of nitrogens with one attached hydrogen (secondary N) is 2. The summed E-state index contributed by atoms with van der Waals surface area (Å²) >= 11 is 0. The lowest BCUT2D eigenvalue weighted by molar-refractivity contribution is -0.138. The lowest BCUT2D eigenvalue weighted by Crippen LogP contribution is -2.54. The summed E-state index contributed by atoms with van der Waals surface area (Å²) in [5, 5.41) is 4.83. The Hall–Kier alpha value is -1.63. The minimum Gasteiger partial charge on any atom is -0.341 e. The fraction of sp³-hybridized carbons (Fsp3) is 0.800. The van der Waals surface area contributed by atoms with Gasteiger partial charge in [-0.3, -0.25) is 19.8 Å². The van der Waals surface area contributed by atoms with E-state index in [1.165, 1.54) is 0 Å². The van der Waals surface area contributed by atoms with Gasteiger partial charge in [-0.2, -0.15) is 0 Å². The highest BCUT2D eigenvalue weighted by molar-refractivity contribution is 5.95. The average Bonchev–Trinajstić information content (AvgIpc) is 3.01. The molecule has 0 aromatic carbocycles. The zero-order chi connectivity index (χ0) is 15.9. The number of rotatable bonds is 4. The molecule has 0 aromatic heterocycles. The number of piperidine rings is 1. The molecule has 2 aliphatic heterocycles. The van der Waals surface area contributed by atoms with Gasteiger partial charge in [0.2, 0.25) is 11.8 Å². The van der Waals surface area contributed by atoms with E-state index in [9.17, 15) is 14.4 Å². The molecular formula is C15H26N4O3. The van der Waals surface area contributed by atoms with Crippen LogP contribution in [0.2, 0.25) is 0 Å². The largest absolute Gasteiger partial charge is 0.341 e. The van der Waals surface area contributed by atoms with Crippen molar-refractivity contribution in [2.24, 2.45) is 0 Å². The highest BCUT2D eigenvalue weighted by Crippen LogP contribution is 2.20. The topological polar surface area (TPSA) is 81.8 Å². The average molecular weight is 310 g/mol. The molecule has 0 spiro atoms. The minimum atomic E-state index is -0.480. The van der Waals surface area contributed by atoms with Crippen LogP contribution in [0, 0.1) is 0 Å². The predicted molar refractivity (Wildman–Crippen MR) is 82.2 cm³/mol. The van der Waals surface area contributed by atoms with E-state index < -0.39 is 6.03 Å². The van der Waals surface area contributed by atoms with Gasteiger partial charge in [0.1, 0.15) is 0 Å². The number of likely N-dealkylation sites (tertiary alicyclic amines) is 2. The van der Waals surface area contributed by atoms with E-state index in [-0.39, 0.29) is 24.4 Å². The summed E-state index contributed by atoms with van der Waals surface area (Å²) in [7, 11) is 0. The third kappa shape index (κ3) is 4.43. The summed E-state index contributed by atoms with van der Waals surface area (Å²) in [6.07, 6.45) is 4.92. The van der Waals surface area contributed by atoms with Crippen molar-refractivity contribution in [3.63, 3.8) is 0 Å². The number of amides is 4. The van der Waals surface area contributed by atoms with Crippen molar-refractivity contribution >= 4 is 17.8 Å². The molecule has 0 aromatic rings. The van der Waals surface area contributed by atoms with Gasteiger partial charge in [0.15, 0.2) is 0 Å². The molecule has 1 atom stereocenters. The van der Waals surface area contributed by atoms with Gasteiger partial charge in [-0.1, -0.05) is 6.42 Å². The highest BCUT2D eigenvalue weighted by atomic mass is 16.2. The van der Waals surface area contributed by atoms with Crippen molar-refractivity contribution in [1.29, 1.82) is 0 Å². The lowest BCUT2D eigenvalue weighted by Gasteiger charge is -2.36. The molecule has 7 heteroatoms. The standard InChI is InChI=1S/C15H26N4O3/c1-2-16-15(22)17-13(20)11-19-10-4-3-7-12(19)14(21)18-8-5-6-9-18/h12H,2-11H2,1H3,(H2,16,17,20,22)/t12-/m0/s1. The molecule has 2 N–H and O–H groups in total. The molecule has 0 radical (unpaired) electrons. The first-order chi connectivity index (χ1) is 10.6. The van der Waals surface area contributed by atoms with Crippen LogP contribution in [0.15, 0.2) is 0 Å². The van der Waals surface area contributed by atoms with Crippen LogP contribution < -0.4 is 10.6 Å².